The third-order valence-electron chi connectivity index (χ3n) is 6.99. The van der Waals surface area contributed by atoms with Gasteiger partial charge in [0, 0.05) is 11.8 Å². The fourth-order valence-corrected chi connectivity index (χ4v) is 5.14. The Bertz CT molecular complexity index is 1380. The summed E-state index contributed by atoms with van der Waals surface area (Å²) >= 11 is 0. The predicted octanol–water partition coefficient (Wildman–Crippen LogP) is 4.54. The summed E-state index contributed by atoms with van der Waals surface area (Å²) in [6.45, 7) is 0. The number of methoxy groups -OCH3 is 3. The van der Waals surface area contributed by atoms with E-state index >= 15 is 0 Å². The summed E-state index contributed by atoms with van der Waals surface area (Å²) in [4.78, 5) is 27.1. The first-order valence-electron chi connectivity index (χ1n) is 12.6. The Morgan fingerprint density at radius 1 is 0.949 bits per heavy atom. The molecule has 0 aromatic heterocycles. The van der Waals surface area contributed by atoms with Gasteiger partial charge < -0.3 is 29.6 Å². The van der Waals surface area contributed by atoms with Crippen LogP contribution in [0.2, 0.25) is 0 Å². The number of carbonyl (C=O) groups excluding carboxylic acids is 2. The molecule has 0 saturated carbocycles. The van der Waals surface area contributed by atoms with Gasteiger partial charge in [0.25, 0.3) is 5.91 Å². The average Bonchev–Trinajstić information content (AvgIpc) is 3.56. The Morgan fingerprint density at radius 2 is 1.67 bits per heavy atom. The van der Waals surface area contributed by atoms with E-state index in [4.69, 9.17) is 18.9 Å². The van der Waals surface area contributed by atoms with E-state index in [0.29, 0.717) is 23.6 Å². The number of hydrogen-bond acceptors (Lipinski definition) is 7. The number of amides is 1. The van der Waals surface area contributed by atoms with Gasteiger partial charge in [-0.3, -0.25) is 4.79 Å². The Balaban J connectivity index is 1.56. The molecular formula is C31H30N2O6. The van der Waals surface area contributed by atoms with Crippen LogP contribution in [0.15, 0.2) is 102 Å². The quantitative estimate of drug-likeness (QED) is 0.296. The zero-order valence-electron chi connectivity index (χ0n) is 22.0. The first kappa shape index (κ1) is 26.1. The lowest BCUT2D eigenvalue weighted by Gasteiger charge is -2.36. The van der Waals surface area contributed by atoms with Gasteiger partial charge in [-0.1, -0.05) is 54.6 Å². The van der Waals surface area contributed by atoms with Crippen LogP contribution in [0.25, 0.3) is 0 Å². The van der Waals surface area contributed by atoms with Crippen molar-refractivity contribution in [3.63, 3.8) is 0 Å². The molecule has 39 heavy (non-hydrogen) atoms. The van der Waals surface area contributed by atoms with Crippen molar-refractivity contribution in [1.82, 2.24) is 0 Å². The van der Waals surface area contributed by atoms with Crippen molar-refractivity contribution >= 4 is 23.3 Å². The molecule has 2 aliphatic rings. The molecule has 2 bridgehead atoms. The van der Waals surface area contributed by atoms with Gasteiger partial charge in [-0.15, -0.1) is 0 Å². The normalized spacial score (nSPS) is 19.9. The van der Waals surface area contributed by atoms with Crippen molar-refractivity contribution in [1.29, 1.82) is 0 Å². The highest BCUT2D eigenvalue weighted by atomic mass is 16.5. The number of carbonyl (C=O) groups is 2. The van der Waals surface area contributed by atoms with Crippen LogP contribution in [0, 0.1) is 0 Å². The van der Waals surface area contributed by atoms with Crippen LogP contribution in [-0.4, -0.2) is 51.0 Å². The number of hydrogen-bond donors (Lipinski definition) is 2. The van der Waals surface area contributed by atoms with Crippen LogP contribution in [0.4, 0.5) is 11.4 Å². The SMILES string of the molecule is COC(=O)C1=C(C(=O)Nc2ccc(OC)cc2OC)C2C=CC1(C(Cc1ccccc1)Nc1ccccc1)O2. The van der Waals surface area contributed by atoms with Gasteiger partial charge in [-0.2, -0.15) is 0 Å². The number of ether oxygens (including phenoxy) is 4. The number of rotatable bonds is 10. The Morgan fingerprint density at radius 3 is 2.33 bits per heavy atom. The van der Waals surface area contributed by atoms with Crippen molar-refractivity contribution in [3.8, 4) is 11.5 Å². The Labute approximate surface area is 227 Å². The van der Waals surface area contributed by atoms with E-state index in [0.717, 1.165) is 11.3 Å². The highest BCUT2D eigenvalue weighted by Crippen LogP contribution is 2.47. The number of benzene rings is 3. The first-order valence-corrected chi connectivity index (χ1v) is 12.6. The lowest BCUT2D eigenvalue weighted by molar-refractivity contribution is -0.138. The standard InChI is InChI=1S/C31H30N2O6/c1-36-22-14-15-23(25(19-22)37-2)33-29(34)27-24-16-17-31(39-24,28(27)30(35)38-3)26(18-20-10-6-4-7-11-20)32-21-12-8-5-9-13-21/h4-17,19,24,26,32H,18H2,1-3H3,(H,33,34). The molecule has 8 heteroatoms. The molecule has 3 aromatic rings. The smallest absolute Gasteiger partial charge is 0.337 e. The van der Waals surface area contributed by atoms with Gasteiger partial charge in [-0.05, 0) is 42.3 Å². The van der Waals surface area contributed by atoms with E-state index in [1.54, 1.807) is 25.3 Å². The fourth-order valence-electron chi connectivity index (χ4n) is 5.14. The van der Waals surface area contributed by atoms with Gasteiger partial charge >= 0.3 is 5.97 Å². The number of para-hydroxylation sites is 1. The summed E-state index contributed by atoms with van der Waals surface area (Å²) in [6, 6.07) is 24.3. The van der Waals surface area contributed by atoms with Crippen LogP contribution in [0.1, 0.15) is 5.56 Å². The van der Waals surface area contributed by atoms with E-state index in [1.165, 1.54) is 14.2 Å². The molecule has 0 radical (unpaired) electrons. The van der Waals surface area contributed by atoms with Crippen molar-refractivity contribution in [2.75, 3.05) is 32.0 Å². The zero-order chi connectivity index (χ0) is 27.4. The predicted molar refractivity (Wildman–Crippen MR) is 148 cm³/mol. The van der Waals surface area contributed by atoms with Crippen molar-refractivity contribution in [2.24, 2.45) is 0 Å². The minimum atomic E-state index is -1.24. The van der Waals surface area contributed by atoms with E-state index < -0.39 is 29.6 Å². The monoisotopic (exact) mass is 526 g/mol. The van der Waals surface area contributed by atoms with Gasteiger partial charge in [0.2, 0.25) is 0 Å². The van der Waals surface area contributed by atoms with Crippen molar-refractivity contribution in [2.45, 2.75) is 24.2 Å². The lowest BCUT2D eigenvalue weighted by atomic mass is 9.78. The van der Waals surface area contributed by atoms with E-state index in [-0.39, 0.29) is 11.1 Å². The second kappa shape index (κ2) is 11.0. The number of esters is 1. The summed E-state index contributed by atoms with van der Waals surface area (Å²) in [5, 5.41) is 6.44. The second-order valence-corrected chi connectivity index (χ2v) is 9.24. The van der Waals surface area contributed by atoms with Crippen LogP contribution < -0.4 is 20.1 Å². The van der Waals surface area contributed by atoms with Crippen LogP contribution in [0.3, 0.4) is 0 Å². The second-order valence-electron chi connectivity index (χ2n) is 9.24. The maximum atomic E-state index is 13.7. The summed E-state index contributed by atoms with van der Waals surface area (Å²) in [7, 11) is 4.36. The topological polar surface area (TPSA) is 95.1 Å². The fraction of sp³-hybridized carbons (Fsp3) is 0.226. The average molecular weight is 527 g/mol. The largest absolute Gasteiger partial charge is 0.497 e. The van der Waals surface area contributed by atoms with Crippen molar-refractivity contribution < 1.29 is 28.5 Å². The van der Waals surface area contributed by atoms with Gasteiger partial charge in [0.1, 0.15) is 23.2 Å². The molecule has 5 rings (SSSR count). The molecule has 0 spiro atoms. The molecule has 3 atom stereocenters. The molecule has 1 amide bonds. The molecule has 2 heterocycles. The number of anilines is 2. The maximum Gasteiger partial charge on any atom is 0.337 e. The molecule has 0 saturated heterocycles. The first-order chi connectivity index (χ1) is 19.0. The maximum absolute atomic E-state index is 13.7. The zero-order valence-corrected chi connectivity index (χ0v) is 22.0. The lowest BCUT2D eigenvalue weighted by Crippen LogP contribution is -2.49. The summed E-state index contributed by atoms with van der Waals surface area (Å²) < 4.78 is 22.4. The molecule has 8 nitrogen and oxygen atoms in total. The Hall–Kier alpha value is -4.56. The van der Waals surface area contributed by atoms with Crippen LogP contribution in [-0.2, 0) is 25.5 Å². The van der Waals surface area contributed by atoms with Gasteiger partial charge in [0.15, 0.2) is 0 Å². The van der Waals surface area contributed by atoms with Gasteiger partial charge in [-0.25, -0.2) is 4.79 Å². The van der Waals surface area contributed by atoms with Crippen molar-refractivity contribution in [3.05, 3.63) is 108 Å². The summed E-state index contributed by atoms with van der Waals surface area (Å²) in [6.07, 6.45) is 3.48. The highest BCUT2D eigenvalue weighted by molar-refractivity contribution is 6.12. The third kappa shape index (κ3) is 4.98. The summed E-state index contributed by atoms with van der Waals surface area (Å²) in [5.41, 5.74) is 1.48. The third-order valence-corrected chi connectivity index (χ3v) is 6.99. The van der Waals surface area contributed by atoms with E-state index in [1.807, 2.05) is 72.8 Å². The van der Waals surface area contributed by atoms with E-state index in [2.05, 4.69) is 10.6 Å². The van der Waals surface area contributed by atoms with Gasteiger partial charge in [0.05, 0.1) is 44.2 Å². The minimum absolute atomic E-state index is 0.173. The molecular weight excluding hydrogens is 496 g/mol. The molecule has 3 unspecified atom stereocenters. The molecule has 2 N–H and O–H groups in total. The molecule has 3 aromatic carbocycles. The van der Waals surface area contributed by atoms with Crippen LogP contribution >= 0.6 is 0 Å². The minimum Gasteiger partial charge on any atom is -0.497 e. The van der Waals surface area contributed by atoms with E-state index in [9.17, 15) is 9.59 Å². The molecule has 200 valence electrons. The molecule has 0 aliphatic carbocycles. The Kier molecular flexibility index (Phi) is 7.38. The highest BCUT2D eigenvalue weighted by Gasteiger charge is 2.58. The van der Waals surface area contributed by atoms with Crippen LogP contribution in [0.5, 0.6) is 11.5 Å². The number of nitrogens with one attached hydrogen (secondary N) is 2. The number of fused-ring (bicyclic) bond motifs is 2. The summed E-state index contributed by atoms with van der Waals surface area (Å²) in [5.74, 6) is -0.0972. The molecule has 0 fully saturated rings. The molecule has 2 aliphatic heterocycles.